The van der Waals surface area contributed by atoms with Gasteiger partial charge in [-0.2, -0.15) is 5.10 Å². The minimum absolute atomic E-state index is 0.0204. The number of nitrogens with zero attached hydrogens (tertiary/aromatic N) is 2. The van der Waals surface area contributed by atoms with Crippen molar-refractivity contribution >= 4 is 11.6 Å². The summed E-state index contributed by atoms with van der Waals surface area (Å²) in [4.78, 5) is 12.6. The van der Waals surface area contributed by atoms with Crippen molar-refractivity contribution in [1.29, 1.82) is 0 Å². The lowest BCUT2D eigenvalue weighted by Crippen LogP contribution is -2.42. The molecule has 0 unspecified atom stereocenters. The highest BCUT2D eigenvalue weighted by Crippen LogP contribution is 2.30. The molecule has 5 nitrogen and oxygen atoms in total. The van der Waals surface area contributed by atoms with Crippen molar-refractivity contribution < 1.29 is 4.79 Å². The summed E-state index contributed by atoms with van der Waals surface area (Å²) < 4.78 is 1.83. The molecule has 0 aliphatic rings. The Morgan fingerprint density at radius 2 is 2.00 bits per heavy atom. The number of carbonyl (C=O) groups is 1. The van der Waals surface area contributed by atoms with E-state index in [1.54, 1.807) is 6.20 Å². The molecule has 0 aliphatic heterocycles. The van der Waals surface area contributed by atoms with Gasteiger partial charge in [0.1, 0.15) is 0 Å². The molecule has 0 radical (unpaired) electrons. The van der Waals surface area contributed by atoms with Crippen LogP contribution < -0.4 is 11.1 Å². The molecule has 1 heterocycles. The first-order chi connectivity index (χ1) is 9.49. The van der Waals surface area contributed by atoms with E-state index in [1.807, 2.05) is 10.9 Å². The maximum absolute atomic E-state index is 12.6. The van der Waals surface area contributed by atoms with Crippen LogP contribution in [-0.2, 0) is 4.79 Å². The van der Waals surface area contributed by atoms with Crippen LogP contribution in [0.15, 0.2) is 12.4 Å². The third kappa shape index (κ3) is 3.82. The summed E-state index contributed by atoms with van der Waals surface area (Å²) >= 11 is 0. The Balaban J connectivity index is 2.83. The van der Waals surface area contributed by atoms with Crippen LogP contribution >= 0.6 is 0 Å². The fraction of sp³-hybridized carbons (Fsp3) is 0.733. The molecule has 1 aromatic heterocycles. The van der Waals surface area contributed by atoms with Crippen molar-refractivity contribution in [3.63, 3.8) is 0 Å². The summed E-state index contributed by atoms with van der Waals surface area (Å²) in [5.74, 6) is 0.0204. The SMILES string of the molecule is CCCC(CN)(CCC)C(=O)Nc1cnn(C(C)C)c1. The van der Waals surface area contributed by atoms with E-state index in [0.717, 1.165) is 31.4 Å². The van der Waals surface area contributed by atoms with Gasteiger partial charge in [-0.3, -0.25) is 9.48 Å². The summed E-state index contributed by atoms with van der Waals surface area (Å²) in [5, 5.41) is 7.22. The Bertz CT molecular complexity index is 419. The molecule has 0 aromatic carbocycles. The normalized spacial score (nSPS) is 11.9. The number of rotatable bonds is 8. The fourth-order valence-electron chi connectivity index (χ4n) is 2.55. The molecule has 0 saturated carbocycles. The molecule has 0 saturated heterocycles. The molecule has 0 bridgehead atoms. The van der Waals surface area contributed by atoms with Crippen LogP contribution in [0.5, 0.6) is 0 Å². The van der Waals surface area contributed by atoms with E-state index < -0.39 is 5.41 Å². The van der Waals surface area contributed by atoms with Crippen molar-refractivity contribution in [2.75, 3.05) is 11.9 Å². The quantitative estimate of drug-likeness (QED) is 0.769. The standard InChI is InChI=1S/C15H28N4O/c1-5-7-15(11-16,8-6-2)14(20)18-13-9-17-19(10-13)12(3)4/h9-10,12H,5-8,11,16H2,1-4H3,(H,18,20). The Hall–Kier alpha value is -1.36. The number of aromatic nitrogens is 2. The number of anilines is 1. The minimum Gasteiger partial charge on any atom is -0.329 e. The van der Waals surface area contributed by atoms with Gasteiger partial charge in [-0.1, -0.05) is 26.7 Å². The minimum atomic E-state index is -0.455. The Kier molecular flexibility index (Phi) is 6.20. The lowest BCUT2D eigenvalue weighted by atomic mass is 9.78. The maximum atomic E-state index is 12.6. The largest absolute Gasteiger partial charge is 0.329 e. The molecule has 5 heteroatoms. The summed E-state index contributed by atoms with van der Waals surface area (Å²) in [6, 6.07) is 0.284. The fourth-order valence-corrected chi connectivity index (χ4v) is 2.55. The molecule has 114 valence electrons. The van der Waals surface area contributed by atoms with Crippen LogP contribution in [0.1, 0.15) is 59.4 Å². The number of amides is 1. The van der Waals surface area contributed by atoms with E-state index in [4.69, 9.17) is 5.73 Å². The maximum Gasteiger partial charge on any atom is 0.231 e. The van der Waals surface area contributed by atoms with E-state index in [1.165, 1.54) is 0 Å². The molecule has 1 amide bonds. The van der Waals surface area contributed by atoms with Gasteiger partial charge >= 0.3 is 0 Å². The van der Waals surface area contributed by atoms with Crippen LogP contribution in [0.3, 0.4) is 0 Å². The second-order valence-corrected chi connectivity index (χ2v) is 5.74. The van der Waals surface area contributed by atoms with E-state index in [-0.39, 0.29) is 11.9 Å². The van der Waals surface area contributed by atoms with Gasteiger partial charge in [0.25, 0.3) is 0 Å². The van der Waals surface area contributed by atoms with Gasteiger partial charge in [-0.25, -0.2) is 0 Å². The van der Waals surface area contributed by atoms with Crippen molar-refractivity contribution in [2.24, 2.45) is 11.1 Å². The third-order valence-electron chi connectivity index (χ3n) is 3.72. The van der Waals surface area contributed by atoms with E-state index >= 15 is 0 Å². The zero-order chi connectivity index (χ0) is 15.2. The van der Waals surface area contributed by atoms with Gasteiger partial charge in [-0.05, 0) is 26.7 Å². The zero-order valence-electron chi connectivity index (χ0n) is 13.1. The summed E-state index contributed by atoms with van der Waals surface area (Å²) in [5.41, 5.74) is 6.20. The average molecular weight is 280 g/mol. The van der Waals surface area contributed by atoms with Gasteiger partial charge in [0, 0.05) is 18.8 Å². The molecule has 3 N–H and O–H groups in total. The summed E-state index contributed by atoms with van der Waals surface area (Å²) in [7, 11) is 0. The number of carbonyl (C=O) groups excluding carboxylic acids is 1. The van der Waals surface area contributed by atoms with Crippen LogP contribution in [0.2, 0.25) is 0 Å². The Morgan fingerprint density at radius 3 is 2.40 bits per heavy atom. The van der Waals surface area contributed by atoms with Crippen LogP contribution in [0, 0.1) is 5.41 Å². The molecular formula is C15H28N4O. The number of nitrogens with two attached hydrogens (primary N) is 1. The third-order valence-corrected chi connectivity index (χ3v) is 3.72. The van der Waals surface area contributed by atoms with E-state index in [0.29, 0.717) is 6.54 Å². The van der Waals surface area contributed by atoms with Crippen molar-refractivity contribution in [3.05, 3.63) is 12.4 Å². The first kappa shape index (κ1) is 16.7. The highest BCUT2D eigenvalue weighted by atomic mass is 16.2. The monoisotopic (exact) mass is 280 g/mol. The van der Waals surface area contributed by atoms with Crippen molar-refractivity contribution in [1.82, 2.24) is 9.78 Å². The van der Waals surface area contributed by atoms with Crippen molar-refractivity contribution in [2.45, 2.75) is 59.4 Å². The van der Waals surface area contributed by atoms with Gasteiger partial charge in [0.05, 0.1) is 17.3 Å². The van der Waals surface area contributed by atoms with Gasteiger partial charge < -0.3 is 11.1 Å². The van der Waals surface area contributed by atoms with E-state index in [9.17, 15) is 4.79 Å². The van der Waals surface area contributed by atoms with Crippen LogP contribution in [0.4, 0.5) is 5.69 Å². The van der Waals surface area contributed by atoms with Crippen molar-refractivity contribution in [3.8, 4) is 0 Å². The van der Waals surface area contributed by atoms with E-state index in [2.05, 4.69) is 38.1 Å². The lowest BCUT2D eigenvalue weighted by molar-refractivity contribution is -0.126. The number of nitrogens with one attached hydrogen (secondary N) is 1. The van der Waals surface area contributed by atoms with Crippen LogP contribution in [0.25, 0.3) is 0 Å². The summed E-state index contributed by atoms with van der Waals surface area (Å²) in [6.07, 6.45) is 7.10. The highest BCUT2D eigenvalue weighted by molar-refractivity contribution is 5.95. The molecule has 20 heavy (non-hydrogen) atoms. The Morgan fingerprint density at radius 1 is 1.40 bits per heavy atom. The second kappa shape index (κ2) is 7.43. The Labute approximate surface area is 121 Å². The predicted octanol–water partition coefficient (Wildman–Crippen LogP) is 2.95. The first-order valence-electron chi connectivity index (χ1n) is 7.54. The second-order valence-electron chi connectivity index (χ2n) is 5.74. The number of hydrogen-bond donors (Lipinski definition) is 2. The first-order valence-corrected chi connectivity index (χ1v) is 7.54. The highest BCUT2D eigenvalue weighted by Gasteiger charge is 2.35. The van der Waals surface area contributed by atoms with Gasteiger partial charge in [-0.15, -0.1) is 0 Å². The lowest BCUT2D eigenvalue weighted by Gasteiger charge is -2.30. The molecule has 0 aliphatic carbocycles. The average Bonchev–Trinajstić information content (AvgIpc) is 2.87. The molecule has 0 atom stereocenters. The molecular weight excluding hydrogens is 252 g/mol. The van der Waals surface area contributed by atoms with Crippen LogP contribution in [-0.4, -0.2) is 22.2 Å². The molecule has 1 rings (SSSR count). The predicted molar refractivity (Wildman–Crippen MR) is 82.5 cm³/mol. The van der Waals surface area contributed by atoms with Gasteiger partial charge in [0.15, 0.2) is 0 Å². The number of hydrogen-bond acceptors (Lipinski definition) is 3. The smallest absolute Gasteiger partial charge is 0.231 e. The molecule has 1 aromatic rings. The summed E-state index contributed by atoms with van der Waals surface area (Å²) in [6.45, 7) is 8.67. The molecule has 0 spiro atoms. The topological polar surface area (TPSA) is 72.9 Å². The molecule has 0 fully saturated rings. The zero-order valence-corrected chi connectivity index (χ0v) is 13.1. The van der Waals surface area contributed by atoms with Gasteiger partial charge in [0.2, 0.25) is 5.91 Å².